The molecule has 0 aliphatic rings. The van der Waals surface area contributed by atoms with Crippen LogP contribution in [0.25, 0.3) is 0 Å². The number of amides is 1. The maximum absolute atomic E-state index is 12.9. The van der Waals surface area contributed by atoms with Crippen molar-refractivity contribution in [3.8, 4) is 0 Å². The van der Waals surface area contributed by atoms with Gasteiger partial charge in [0.15, 0.2) is 0 Å². The van der Waals surface area contributed by atoms with Gasteiger partial charge in [-0.3, -0.25) is 4.79 Å². The van der Waals surface area contributed by atoms with Crippen LogP contribution in [0.15, 0.2) is 46.9 Å². The average molecular weight is 358 g/mol. The summed E-state index contributed by atoms with van der Waals surface area (Å²) in [6.07, 6.45) is 0. The van der Waals surface area contributed by atoms with Gasteiger partial charge in [0.1, 0.15) is 5.82 Å². The zero-order chi connectivity index (χ0) is 14.5. The van der Waals surface area contributed by atoms with Crippen LogP contribution in [0.4, 0.5) is 15.8 Å². The summed E-state index contributed by atoms with van der Waals surface area (Å²) in [5.74, 6) is -0.706. The second-order valence-electron chi connectivity index (χ2n) is 4.03. The van der Waals surface area contributed by atoms with Crippen LogP contribution < -0.4 is 10.6 Å². The molecule has 2 aromatic carbocycles. The van der Waals surface area contributed by atoms with Crippen LogP contribution in [-0.2, 0) is 4.79 Å². The van der Waals surface area contributed by atoms with Crippen molar-refractivity contribution in [3.05, 3.63) is 57.8 Å². The predicted molar refractivity (Wildman–Crippen MR) is 82.7 cm³/mol. The van der Waals surface area contributed by atoms with Crippen LogP contribution >= 0.6 is 27.5 Å². The standard InChI is InChI=1S/C14H11BrClFN2O/c15-9-1-4-11(5-2-9)18-8-14(20)19-13-6-3-10(17)7-12(13)16/h1-7,18H,8H2,(H,19,20). The van der Waals surface area contributed by atoms with Gasteiger partial charge in [-0.1, -0.05) is 27.5 Å². The summed E-state index contributed by atoms with van der Waals surface area (Å²) in [4.78, 5) is 11.8. The number of anilines is 2. The third-order valence-electron chi connectivity index (χ3n) is 2.50. The topological polar surface area (TPSA) is 41.1 Å². The van der Waals surface area contributed by atoms with E-state index in [0.717, 1.165) is 16.2 Å². The van der Waals surface area contributed by atoms with Gasteiger partial charge in [-0.15, -0.1) is 0 Å². The van der Waals surface area contributed by atoms with Gasteiger partial charge in [-0.05, 0) is 42.5 Å². The minimum absolute atomic E-state index is 0.0926. The van der Waals surface area contributed by atoms with Crippen LogP contribution in [0.3, 0.4) is 0 Å². The maximum atomic E-state index is 12.9. The number of benzene rings is 2. The van der Waals surface area contributed by atoms with Gasteiger partial charge in [-0.25, -0.2) is 4.39 Å². The molecule has 104 valence electrons. The van der Waals surface area contributed by atoms with E-state index in [4.69, 9.17) is 11.6 Å². The molecule has 0 spiro atoms. The van der Waals surface area contributed by atoms with Crippen molar-refractivity contribution in [2.75, 3.05) is 17.2 Å². The Hall–Kier alpha value is -1.59. The summed E-state index contributed by atoms with van der Waals surface area (Å²) < 4.78 is 13.8. The SMILES string of the molecule is O=C(CNc1ccc(Br)cc1)Nc1ccc(F)cc1Cl. The number of hydrogen-bond acceptors (Lipinski definition) is 2. The van der Waals surface area contributed by atoms with E-state index in [1.807, 2.05) is 24.3 Å². The van der Waals surface area contributed by atoms with Gasteiger partial charge in [0, 0.05) is 10.2 Å². The summed E-state index contributed by atoms with van der Waals surface area (Å²) in [5, 5.41) is 5.75. The Morgan fingerprint density at radius 3 is 2.55 bits per heavy atom. The fourth-order valence-electron chi connectivity index (χ4n) is 1.54. The Bertz CT molecular complexity index is 619. The average Bonchev–Trinajstić information content (AvgIpc) is 2.41. The molecule has 6 heteroatoms. The summed E-state index contributed by atoms with van der Waals surface area (Å²) >= 11 is 9.16. The van der Waals surface area contributed by atoms with Gasteiger partial charge in [0.2, 0.25) is 5.91 Å². The quantitative estimate of drug-likeness (QED) is 0.857. The smallest absolute Gasteiger partial charge is 0.243 e. The number of hydrogen-bond donors (Lipinski definition) is 2. The molecule has 2 rings (SSSR count). The molecule has 0 fully saturated rings. The highest BCUT2D eigenvalue weighted by Crippen LogP contribution is 2.22. The molecule has 0 radical (unpaired) electrons. The highest BCUT2D eigenvalue weighted by Gasteiger charge is 2.06. The fourth-order valence-corrected chi connectivity index (χ4v) is 2.01. The fraction of sp³-hybridized carbons (Fsp3) is 0.0714. The molecule has 2 N–H and O–H groups in total. The molecule has 0 aromatic heterocycles. The Balaban J connectivity index is 1.90. The van der Waals surface area contributed by atoms with Crippen molar-refractivity contribution in [2.24, 2.45) is 0 Å². The van der Waals surface area contributed by atoms with Crippen LogP contribution in [0.2, 0.25) is 5.02 Å². The molecule has 0 bridgehead atoms. The lowest BCUT2D eigenvalue weighted by molar-refractivity contribution is -0.114. The molecule has 1 amide bonds. The summed E-state index contributed by atoms with van der Waals surface area (Å²) in [5.41, 5.74) is 1.21. The summed E-state index contributed by atoms with van der Waals surface area (Å²) in [6.45, 7) is 0.0926. The molecule has 0 saturated heterocycles. The molecule has 20 heavy (non-hydrogen) atoms. The molecular formula is C14H11BrClFN2O. The molecule has 0 saturated carbocycles. The Kier molecular flexibility index (Phi) is 4.98. The van der Waals surface area contributed by atoms with Crippen molar-refractivity contribution in [3.63, 3.8) is 0 Å². The Morgan fingerprint density at radius 1 is 1.20 bits per heavy atom. The van der Waals surface area contributed by atoms with Crippen LogP contribution in [0.5, 0.6) is 0 Å². The molecule has 0 aliphatic carbocycles. The minimum atomic E-state index is -0.444. The van der Waals surface area contributed by atoms with Crippen molar-refractivity contribution >= 4 is 44.8 Å². The lowest BCUT2D eigenvalue weighted by Crippen LogP contribution is -2.21. The second-order valence-corrected chi connectivity index (χ2v) is 5.36. The monoisotopic (exact) mass is 356 g/mol. The van der Waals surface area contributed by atoms with Crippen LogP contribution in [0.1, 0.15) is 0 Å². The van der Waals surface area contributed by atoms with E-state index < -0.39 is 5.82 Å². The first-order valence-corrected chi connectivity index (χ1v) is 6.96. The third kappa shape index (κ3) is 4.21. The van der Waals surface area contributed by atoms with Gasteiger partial charge < -0.3 is 10.6 Å². The van der Waals surface area contributed by atoms with E-state index in [2.05, 4.69) is 26.6 Å². The molecule has 0 unspecified atom stereocenters. The van der Waals surface area contributed by atoms with E-state index in [9.17, 15) is 9.18 Å². The summed E-state index contributed by atoms with van der Waals surface area (Å²) in [6, 6.07) is 11.3. The van der Waals surface area contributed by atoms with Crippen molar-refractivity contribution in [1.29, 1.82) is 0 Å². The van der Waals surface area contributed by atoms with E-state index in [1.165, 1.54) is 12.1 Å². The molecule has 0 aliphatic heterocycles. The third-order valence-corrected chi connectivity index (χ3v) is 3.34. The van der Waals surface area contributed by atoms with Gasteiger partial charge in [0.25, 0.3) is 0 Å². The lowest BCUT2D eigenvalue weighted by Gasteiger charge is -2.09. The molecule has 0 atom stereocenters. The highest BCUT2D eigenvalue weighted by atomic mass is 79.9. The van der Waals surface area contributed by atoms with E-state index >= 15 is 0 Å². The molecule has 2 aromatic rings. The zero-order valence-corrected chi connectivity index (χ0v) is 12.6. The first-order chi connectivity index (χ1) is 9.54. The first-order valence-electron chi connectivity index (χ1n) is 5.79. The number of carbonyl (C=O) groups is 1. The number of nitrogens with one attached hydrogen (secondary N) is 2. The molecule has 3 nitrogen and oxygen atoms in total. The second kappa shape index (κ2) is 6.72. The van der Waals surface area contributed by atoms with Gasteiger partial charge in [-0.2, -0.15) is 0 Å². The normalized spacial score (nSPS) is 10.2. The van der Waals surface area contributed by atoms with Crippen LogP contribution in [0, 0.1) is 5.82 Å². The predicted octanol–water partition coefficient (Wildman–Crippen LogP) is 4.29. The molecular weight excluding hydrogens is 347 g/mol. The van der Waals surface area contributed by atoms with Crippen molar-refractivity contribution < 1.29 is 9.18 Å². The van der Waals surface area contributed by atoms with E-state index in [1.54, 1.807) is 0 Å². The molecule has 0 heterocycles. The van der Waals surface area contributed by atoms with Crippen LogP contribution in [-0.4, -0.2) is 12.5 Å². The Labute approximate surface area is 129 Å². The number of rotatable bonds is 4. The largest absolute Gasteiger partial charge is 0.376 e. The van der Waals surface area contributed by atoms with E-state index in [0.29, 0.717) is 5.69 Å². The minimum Gasteiger partial charge on any atom is -0.376 e. The van der Waals surface area contributed by atoms with Gasteiger partial charge in [0.05, 0.1) is 17.3 Å². The van der Waals surface area contributed by atoms with E-state index in [-0.39, 0.29) is 17.5 Å². The number of carbonyl (C=O) groups excluding carboxylic acids is 1. The Morgan fingerprint density at radius 2 is 1.90 bits per heavy atom. The number of halogens is 3. The maximum Gasteiger partial charge on any atom is 0.243 e. The lowest BCUT2D eigenvalue weighted by atomic mass is 10.3. The van der Waals surface area contributed by atoms with Gasteiger partial charge >= 0.3 is 0 Å². The van der Waals surface area contributed by atoms with Crippen molar-refractivity contribution in [1.82, 2.24) is 0 Å². The summed E-state index contributed by atoms with van der Waals surface area (Å²) in [7, 11) is 0. The first kappa shape index (κ1) is 14.8. The van der Waals surface area contributed by atoms with Crippen molar-refractivity contribution in [2.45, 2.75) is 0 Å². The highest BCUT2D eigenvalue weighted by molar-refractivity contribution is 9.10. The zero-order valence-electron chi connectivity index (χ0n) is 10.3.